The van der Waals surface area contributed by atoms with Gasteiger partial charge in [-0.05, 0) is 42.3 Å². The normalized spacial score (nSPS) is 14.0. The van der Waals surface area contributed by atoms with Crippen molar-refractivity contribution in [3.8, 4) is 0 Å². The number of hydrogen-bond donors (Lipinski definition) is 0. The van der Waals surface area contributed by atoms with E-state index in [0.717, 1.165) is 11.3 Å². The predicted octanol–water partition coefficient (Wildman–Crippen LogP) is 3.48. The molecule has 3 rings (SSSR count). The number of anilines is 1. The number of halogens is 1. The Morgan fingerprint density at radius 3 is 2.67 bits per heavy atom. The topological polar surface area (TPSA) is 37.4 Å². The lowest BCUT2D eigenvalue weighted by molar-refractivity contribution is -0.118. The van der Waals surface area contributed by atoms with E-state index < -0.39 is 0 Å². The summed E-state index contributed by atoms with van der Waals surface area (Å²) >= 11 is 6.08. The van der Waals surface area contributed by atoms with Crippen molar-refractivity contribution in [1.82, 2.24) is 0 Å². The predicted molar refractivity (Wildman–Crippen MR) is 83.1 cm³/mol. The van der Waals surface area contributed by atoms with Crippen molar-refractivity contribution in [1.29, 1.82) is 0 Å². The zero-order chi connectivity index (χ0) is 15.0. The van der Waals surface area contributed by atoms with Crippen LogP contribution in [0.15, 0.2) is 42.5 Å². The van der Waals surface area contributed by atoms with E-state index in [2.05, 4.69) is 0 Å². The Labute approximate surface area is 128 Å². The van der Waals surface area contributed by atoms with E-state index in [-0.39, 0.29) is 11.7 Å². The van der Waals surface area contributed by atoms with Crippen LogP contribution in [-0.2, 0) is 11.2 Å². The Hall–Kier alpha value is -2.13. The van der Waals surface area contributed by atoms with Gasteiger partial charge in [0, 0.05) is 30.3 Å². The van der Waals surface area contributed by atoms with Crippen molar-refractivity contribution in [2.45, 2.75) is 12.8 Å². The zero-order valence-corrected chi connectivity index (χ0v) is 12.4. The highest BCUT2D eigenvalue weighted by atomic mass is 35.5. The number of hydrogen-bond acceptors (Lipinski definition) is 2. The number of rotatable bonds is 2. The van der Waals surface area contributed by atoms with Crippen LogP contribution in [-0.4, -0.2) is 18.7 Å². The maximum atomic E-state index is 12.5. The SMILES string of the molecule is CN1C(=O)CCc2cc(C(=O)c3ccccc3Cl)ccc21. The molecule has 21 heavy (non-hydrogen) atoms. The Balaban J connectivity index is 2.00. The van der Waals surface area contributed by atoms with Crippen LogP contribution in [0.5, 0.6) is 0 Å². The maximum Gasteiger partial charge on any atom is 0.227 e. The van der Waals surface area contributed by atoms with Gasteiger partial charge in [-0.25, -0.2) is 0 Å². The van der Waals surface area contributed by atoms with Crippen molar-refractivity contribution in [3.63, 3.8) is 0 Å². The summed E-state index contributed by atoms with van der Waals surface area (Å²) in [7, 11) is 1.76. The molecular weight excluding hydrogens is 286 g/mol. The number of carbonyl (C=O) groups is 2. The molecule has 2 aromatic rings. The monoisotopic (exact) mass is 299 g/mol. The second-order valence-electron chi connectivity index (χ2n) is 5.11. The molecule has 0 aromatic heterocycles. The minimum atomic E-state index is -0.0945. The summed E-state index contributed by atoms with van der Waals surface area (Å²) in [6.07, 6.45) is 1.15. The lowest BCUT2D eigenvalue weighted by atomic mass is 9.95. The van der Waals surface area contributed by atoms with Gasteiger partial charge in [0.25, 0.3) is 0 Å². The lowest BCUT2D eigenvalue weighted by Gasteiger charge is -2.26. The molecule has 1 aliphatic heterocycles. The van der Waals surface area contributed by atoms with Crippen molar-refractivity contribution in [2.75, 3.05) is 11.9 Å². The largest absolute Gasteiger partial charge is 0.315 e. The number of amides is 1. The number of fused-ring (bicyclic) bond motifs is 1. The maximum absolute atomic E-state index is 12.5. The van der Waals surface area contributed by atoms with Gasteiger partial charge in [0.15, 0.2) is 5.78 Å². The first-order chi connectivity index (χ1) is 10.1. The average Bonchev–Trinajstić information content (AvgIpc) is 2.50. The lowest BCUT2D eigenvalue weighted by Crippen LogP contribution is -2.31. The molecule has 0 aliphatic carbocycles. The van der Waals surface area contributed by atoms with Gasteiger partial charge in [-0.15, -0.1) is 0 Å². The van der Waals surface area contributed by atoms with E-state index in [9.17, 15) is 9.59 Å². The molecule has 1 aliphatic rings. The summed E-state index contributed by atoms with van der Waals surface area (Å²) in [6.45, 7) is 0. The molecule has 106 valence electrons. The number of ketones is 1. The van der Waals surface area contributed by atoms with E-state index in [1.807, 2.05) is 12.1 Å². The molecule has 1 heterocycles. The highest BCUT2D eigenvalue weighted by Gasteiger charge is 2.22. The highest BCUT2D eigenvalue weighted by Crippen LogP contribution is 2.29. The van der Waals surface area contributed by atoms with Crippen LogP contribution in [0.1, 0.15) is 27.9 Å². The van der Waals surface area contributed by atoms with Crippen LogP contribution in [0.3, 0.4) is 0 Å². The third kappa shape index (κ3) is 2.45. The molecule has 2 aromatic carbocycles. The number of aryl methyl sites for hydroxylation is 1. The molecule has 3 nitrogen and oxygen atoms in total. The Kier molecular flexibility index (Phi) is 3.52. The Morgan fingerprint density at radius 1 is 1.14 bits per heavy atom. The fourth-order valence-corrected chi connectivity index (χ4v) is 2.82. The number of benzene rings is 2. The highest BCUT2D eigenvalue weighted by molar-refractivity contribution is 6.35. The van der Waals surface area contributed by atoms with Gasteiger partial charge in [0.2, 0.25) is 5.91 Å². The molecule has 0 radical (unpaired) electrons. The van der Waals surface area contributed by atoms with Gasteiger partial charge in [-0.1, -0.05) is 23.7 Å². The van der Waals surface area contributed by atoms with Gasteiger partial charge < -0.3 is 4.90 Å². The van der Waals surface area contributed by atoms with Crippen LogP contribution in [0.4, 0.5) is 5.69 Å². The van der Waals surface area contributed by atoms with Crippen LogP contribution < -0.4 is 4.90 Å². The van der Waals surface area contributed by atoms with Crippen LogP contribution in [0.2, 0.25) is 5.02 Å². The summed E-state index contributed by atoms with van der Waals surface area (Å²) in [5, 5.41) is 0.451. The fourth-order valence-electron chi connectivity index (χ4n) is 2.60. The van der Waals surface area contributed by atoms with Gasteiger partial charge in [-0.3, -0.25) is 9.59 Å². The average molecular weight is 300 g/mol. The molecule has 0 unspecified atom stereocenters. The Morgan fingerprint density at radius 2 is 1.90 bits per heavy atom. The van der Waals surface area contributed by atoms with Crippen molar-refractivity contribution in [3.05, 3.63) is 64.2 Å². The summed E-state index contributed by atoms with van der Waals surface area (Å²) in [5.41, 5.74) is 3.00. The summed E-state index contributed by atoms with van der Waals surface area (Å²) in [6, 6.07) is 12.5. The van der Waals surface area contributed by atoms with Crippen LogP contribution >= 0.6 is 11.6 Å². The van der Waals surface area contributed by atoms with Crippen molar-refractivity contribution < 1.29 is 9.59 Å². The minimum absolute atomic E-state index is 0.0945. The fraction of sp³-hybridized carbons (Fsp3) is 0.176. The molecule has 0 spiro atoms. The molecule has 0 atom stereocenters. The van der Waals surface area contributed by atoms with Crippen molar-refractivity contribution >= 4 is 29.0 Å². The van der Waals surface area contributed by atoms with Crippen LogP contribution in [0, 0.1) is 0 Å². The van der Waals surface area contributed by atoms with Crippen LogP contribution in [0.25, 0.3) is 0 Å². The minimum Gasteiger partial charge on any atom is -0.315 e. The molecular formula is C17H14ClNO2. The molecule has 1 amide bonds. The molecule has 0 saturated carbocycles. The van der Waals surface area contributed by atoms with Gasteiger partial charge in [0.05, 0.1) is 5.02 Å². The third-order valence-electron chi connectivity index (χ3n) is 3.80. The first-order valence-corrected chi connectivity index (χ1v) is 7.14. The summed E-state index contributed by atoms with van der Waals surface area (Å²) in [5.74, 6) is 0.00985. The van der Waals surface area contributed by atoms with E-state index in [1.165, 1.54) is 0 Å². The standard InChI is InChI=1S/C17H14ClNO2/c1-19-15-8-6-12(10-11(15)7-9-16(19)20)17(21)13-4-2-3-5-14(13)18/h2-6,8,10H,7,9H2,1H3. The van der Waals surface area contributed by atoms with E-state index in [1.54, 1.807) is 42.3 Å². The third-order valence-corrected chi connectivity index (χ3v) is 4.13. The Bertz CT molecular complexity index is 739. The zero-order valence-electron chi connectivity index (χ0n) is 11.6. The number of carbonyl (C=O) groups excluding carboxylic acids is 2. The van der Waals surface area contributed by atoms with E-state index in [4.69, 9.17) is 11.6 Å². The van der Waals surface area contributed by atoms with Gasteiger partial charge >= 0.3 is 0 Å². The van der Waals surface area contributed by atoms with Gasteiger partial charge in [0.1, 0.15) is 0 Å². The molecule has 4 heteroatoms. The summed E-state index contributed by atoms with van der Waals surface area (Å²) < 4.78 is 0. The smallest absolute Gasteiger partial charge is 0.227 e. The molecule has 0 N–H and O–H groups in total. The summed E-state index contributed by atoms with van der Waals surface area (Å²) in [4.78, 5) is 25.9. The second kappa shape index (κ2) is 5.34. The van der Waals surface area contributed by atoms with E-state index >= 15 is 0 Å². The molecule has 0 fully saturated rings. The molecule has 0 saturated heterocycles. The van der Waals surface area contributed by atoms with E-state index in [0.29, 0.717) is 29.0 Å². The second-order valence-corrected chi connectivity index (χ2v) is 5.51. The first kappa shape index (κ1) is 13.8. The molecule has 0 bridgehead atoms. The number of nitrogens with zero attached hydrogens (tertiary/aromatic N) is 1. The van der Waals surface area contributed by atoms with Gasteiger partial charge in [-0.2, -0.15) is 0 Å². The first-order valence-electron chi connectivity index (χ1n) is 6.76. The quantitative estimate of drug-likeness (QED) is 0.796. The van der Waals surface area contributed by atoms with Crippen molar-refractivity contribution in [2.24, 2.45) is 0 Å².